The van der Waals surface area contributed by atoms with Crippen LogP contribution >= 0.6 is 11.8 Å². The number of likely N-dealkylation sites (N-methyl/N-ethyl adjacent to an activating group) is 2. The van der Waals surface area contributed by atoms with Gasteiger partial charge in [-0.15, -0.1) is 11.8 Å². The first-order valence-corrected chi connectivity index (χ1v) is 46.4. The van der Waals surface area contributed by atoms with E-state index in [4.69, 9.17) is 17.2 Å². The maximum Gasteiger partial charge on any atom is 0.246 e. The van der Waals surface area contributed by atoms with Crippen molar-refractivity contribution < 1.29 is 96.8 Å². The third-order valence-corrected chi connectivity index (χ3v) is 25.6. The molecule has 41 nitrogen and oxygen atoms in total. The molecule has 5 aliphatic heterocycles. The van der Waals surface area contributed by atoms with Crippen LogP contribution in [0.15, 0.2) is 102 Å². The van der Waals surface area contributed by atoms with Gasteiger partial charge in [-0.1, -0.05) is 102 Å². The number of aliphatic imine (C=N–C) groups is 1. The molecule has 0 saturated carbocycles. The normalized spacial score (nSPS) is 25.8. The van der Waals surface area contributed by atoms with E-state index in [0.717, 1.165) is 31.4 Å². The maximum absolute atomic E-state index is 15.7. The highest BCUT2D eigenvalue weighted by Crippen LogP contribution is 2.30. The second-order valence-electron chi connectivity index (χ2n) is 34.9. The van der Waals surface area contributed by atoms with Crippen molar-refractivity contribution in [1.82, 2.24) is 87.6 Å². The summed E-state index contributed by atoms with van der Waals surface area (Å²) >= 11 is 0.797. The number of aliphatic hydroxyl groups is 2. The minimum absolute atomic E-state index is 0.00779. The molecule has 21 N–H and O–H groups in total. The molecule has 2 aromatic heterocycles. The zero-order chi connectivity index (χ0) is 96.4. The molecule has 7 heterocycles. The number of carbonyl (C=O) groups is 17. The highest BCUT2D eigenvalue weighted by atomic mass is 32.2. The minimum Gasteiger partial charge on any atom is -0.508 e. The number of aliphatic hydroxyl groups excluding tert-OH is 2. The van der Waals surface area contributed by atoms with Gasteiger partial charge in [-0.3, -0.25) is 86.5 Å². The van der Waals surface area contributed by atoms with Gasteiger partial charge in [0.15, 0.2) is 0 Å². The van der Waals surface area contributed by atoms with Gasteiger partial charge in [0.2, 0.25) is 100 Å². The number of benzene rings is 3. The molecule has 0 unspecified atom stereocenters. The van der Waals surface area contributed by atoms with Crippen LogP contribution in [0.25, 0.3) is 21.8 Å². The molecule has 0 bridgehead atoms. The highest BCUT2D eigenvalue weighted by Gasteiger charge is 2.48. The third-order valence-electron chi connectivity index (χ3n) is 24.5. The number of H-pyrrole nitrogens is 2. The van der Waals surface area contributed by atoms with E-state index in [-0.39, 0.29) is 121 Å². The highest BCUT2D eigenvalue weighted by molar-refractivity contribution is 8.00. The van der Waals surface area contributed by atoms with Crippen LogP contribution in [0.3, 0.4) is 0 Å². The Kier molecular flexibility index (Phi) is 37.3. The van der Waals surface area contributed by atoms with E-state index >= 15 is 38.4 Å². The number of aromatic amines is 2. The van der Waals surface area contributed by atoms with E-state index in [9.17, 15) is 58.5 Å². The first-order valence-electron chi connectivity index (χ1n) is 45.3. The predicted octanol–water partition coefficient (Wildman–Crippen LogP) is -1.92. The van der Waals surface area contributed by atoms with Crippen molar-refractivity contribution in [3.8, 4) is 5.75 Å². The summed E-state index contributed by atoms with van der Waals surface area (Å²) in [5.41, 5.74) is 20.5. The number of fused-ring (bicyclic) bond motifs is 5. The summed E-state index contributed by atoms with van der Waals surface area (Å²) in [6.45, 7) is 4.86. The Labute approximate surface area is 773 Å². The lowest BCUT2D eigenvalue weighted by molar-refractivity contribution is -0.151. The van der Waals surface area contributed by atoms with Gasteiger partial charge in [-0.25, -0.2) is 0 Å². The second kappa shape index (κ2) is 48.5. The van der Waals surface area contributed by atoms with Gasteiger partial charge >= 0.3 is 0 Å². The van der Waals surface area contributed by atoms with E-state index in [1.807, 2.05) is 13.8 Å². The van der Waals surface area contributed by atoms with Gasteiger partial charge in [0.25, 0.3) is 0 Å². The lowest BCUT2D eigenvalue weighted by atomic mass is 9.97. The molecule has 5 aromatic rings. The summed E-state index contributed by atoms with van der Waals surface area (Å²) in [5.74, 6) is -16.8. The average Bonchev–Trinajstić information content (AvgIpc) is 1.79. The fourth-order valence-electron chi connectivity index (χ4n) is 17.2. The number of amides is 17. The number of nitrogens with one attached hydrogen (secondary N) is 12. The number of phenols is 1. The van der Waals surface area contributed by atoms with Crippen LogP contribution < -0.4 is 70.4 Å². The fourth-order valence-corrected chi connectivity index (χ4v) is 18.1. The lowest BCUT2D eigenvalue weighted by Gasteiger charge is -2.42. The summed E-state index contributed by atoms with van der Waals surface area (Å²) in [6, 6.07) is -1.33. The Morgan fingerprint density at radius 3 is 1.65 bits per heavy atom. The van der Waals surface area contributed by atoms with Crippen LogP contribution in [0.4, 0.5) is 0 Å². The summed E-state index contributed by atoms with van der Waals surface area (Å²) in [6.07, 6.45) is 5.02. The van der Waals surface area contributed by atoms with Crippen LogP contribution in [-0.4, -0.2) is 312 Å². The molecule has 720 valence electrons. The lowest BCUT2D eigenvalue weighted by Crippen LogP contribution is -2.65. The van der Waals surface area contributed by atoms with Crippen LogP contribution in [0.2, 0.25) is 0 Å². The van der Waals surface area contributed by atoms with Crippen molar-refractivity contribution in [2.75, 3.05) is 64.9 Å². The summed E-state index contributed by atoms with van der Waals surface area (Å²) < 4.78 is 0. The van der Waals surface area contributed by atoms with E-state index in [1.165, 1.54) is 49.5 Å². The van der Waals surface area contributed by atoms with Gasteiger partial charge in [0.1, 0.15) is 90.3 Å². The number of hydrogen-bond acceptors (Lipinski definition) is 23. The molecule has 0 spiro atoms. The Bertz CT molecular complexity index is 5120. The van der Waals surface area contributed by atoms with Gasteiger partial charge in [0, 0.05) is 118 Å². The fraction of sp³-hybridized carbons (Fsp3) is 0.538. The molecule has 3 aromatic carbocycles. The molecule has 0 aliphatic carbocycles. The topological polar surface area (TPSA) is 609 Å². The van der Waals surface area contributed by atoms with Gasteiger partial charge in [-0.2, -0.15) is 0 Å². The predicted molar refractivity (Wildman–Crippen MR) is 490 cm³/mol. The number of rotatable bonds is 25. The molecule has 133 heavy (non-hydrogen) atoms. The van der Waals surface area contributed by atoms with Crippen LogP contribution in [-0.2, 0) is 101 Å². The average molecular weight is 1870 g/mol. The Hall–Kier alpha value is -12.8. The van der Waals surface area contributed by atoms with E-state index in [2.05, 4.69) is 68.1 Å². The number of nitrogens with two attached hydrogens (primary N) is 3. The van der Waals surface area contributed by atoms with Crippen LogP contribution in [0, 0.1) is 5.92 Å². The van der Waals surface area contributed by atoms with E-state index in [0.29, 0.717) is 69.8 Å². The smallest absolute Gasteiger partial charge is 0.246 e. The zero-order valence-electron chi connectivity index (χ0n) is 75.7. The quantitative estimate of drug-likeness (QED) is 0.0303. The standard InChI is InChI=1S/C91H125N21O20S/c1-7-9-22-70-83(124)100-61(21-15-31-92)79(120)107-69(78(119)98-45-76(94)117)48-133-49-77(118)99-65(36-51-25-27-55(114)28-26-51)88(129)111-34-30-72(111)85(126)105-67(41-75(93)116)89(130)110-33-16-24-71(110)84(125)101-62(37-52-29-32-95-42-52)80(121)103-64(35-50(3)4)90(131)112-46-56(115)40-74(112)86(127)102-63(38-53-43-96-59-19-13-11-17-57(53)59)81(122)106-68(47-113)82(123)104-66(39-54-44-97-60-20-14-12-18-58(54)60)87(128)109(6)73(23-10-8-2)91(132)108(70)5/h11-14,17-20,25-28,32,42-44,50,56,61-74,96-97,113-115H,7-10,15-16,21-24,29-31,33-41,45-49,92H2,1-6H3,(H2,93,116)(H2,94,117)(H,98,119)(H,99,118)(H,100,124)(H,101,125)(H,102,127)(H,103,121)(H,104,123)(H,105,126)(H,106,122)(H,107,120)/t56-,61+,62+,63+,64+,65+,66+,67+,68+,69+,70+,71+,72+,73+,74+/m1/s1. The van der Waals surface area contributed by atoms with Gasteiger partial charge < -0.3 is 120 Å². The molecule has 10 rings (SSSR count). The Morgan fingerprint density at radius 1 is 0.541 bits per heavy atom. The van der Waals surface area contributed by atoms with Crippen molar-refractivity contribution in [3.63, 3.8) is 0 Å². The van der Waals surface area contributed by atoms with Gasteiger partial charge in [0.05, 0.1) is 31.4 Å². The molecule has 0 radical (unpaired) electrons. The third kappa shape index (κ3) is 27.4. The number of para-hydroxylation sites is 2. The first kappa shape index (κ1) is 102. The van der Waals surface area contributed by atoms with E-state index in [1.54, 1.807) is 81.0 Å². The van der Waals surface area contributed by atoms with Crippen molar-refractivity contribution >= 4 is 140 Å². The van der Waals surface area contributed by atoms with Crippen molar-refractivity contribution in [2.45, 2.75) is 240 Å². The number of nitrogens with zero attached hydrogens (tertiary/aromatic N) is 6. The van der Waals surface area contributed by atoms with Crippen molar-refractivity contribution in [2.24, 2.45) is 28.1 Å². The maximum atomic E-state index is 15.7. The Balaban J connectivity index is 1.01. The molecule has 15 atom stereocenters. The zero-order valence-corrected chi connectivity index (χ0v) is 76.5. The first-order chi connectivity index (χ1) is 63.6. The van der Waals surface area contributed by atoms with Crippen molar-refractivity contribution in [3.05, 3.63) is 114 Å². The SMILES string of the molecule is CCCC[C@H]1C(=O)N(C)[C@@H](CCCC)C(=O)N[C@@H](CCCN)C(=O)N[C@H](C(=O)NCC(N)=O)CSCC(=O)N[C@@H](Cc2ccc(O)cc2)C(=O)N2CC[C@H]2C(=O)N[C@@H](CC(N)=O)C(=O)N2CCC[C@H]2C(=O)N[C@@H](CC2=CN=CC2)C(=O)N[C@@H](CC(C)C)C(=O)N2C[C@H](O)C[C@H]2C(=O)N[C@@H](Cc2c[nH]c3ccccc23)C(=O)N[C@@H](CO)C(=O)N[C@@H](Cc2c[nH]c3ccccc23)C(=O)N1C. The number of phenolic OH excluding ortho intramolecular Hbond substituents is 1. The number of aromatic hydroxyl groups is 1. The molecule has 5 aliphatic rings. The summed E-state index contributed by atoms with van der Waals surface area (Å²) in [4.78, 5) is 266. The molecule has 42 heteroatoms. The largest absolute Gasteiger partial charge is 0.508 e. The molecular formula is C91H125N21O20S. The molecule has 4 saturated heterocycles. The molecule has 4 fully saturated rings. The minimum atomic E-state index is -1.88. The second-order valence-corrected chi connectivity index (χ2v) is 35.9. The number of unbranched alkanes of at least 4 members (excludes halogenated alkanes) is 2. The number of aromatic nitrogens is 2. The number of thioether (sulfide) groups is 1. The monoisotopic (exact) mass is 1860 g/mol. The number of carbonyl (C=O) groups excluding carboxylic acids is 17. The number of primary amides is 2. The number of hydrogen-bond donors (Lipinski definition) is 18. The van der Waals surface area contributed by atoms with Crippen LogP contribution in [0.5, 0.6) is 5.75 Å². The molecular weight excluding hydrogens is 1740 g/mol. The molecule has 17 amide bonds. The van der Waals surface area contributed by atoms with E-state index < -0.39 is 229 Å². The summed E-state index contributed by atoms with van der Waals surface area (Å²) in [7, 11) is 2.72. The Morgan fingerprint density at radius 2 is 1.07 bits per heavy atom. The van der Waals surface area contributed by atoms with Gasteiger partial charge in [-0.05, 0) is 117 Å². The van der Waals surface area contributed by atoms with Crippen LogP contribution in [0.1, 0.15) is 147 Å². The summed E-state index contributed by atoms with van der Waals surface area (Å²) in [5, 5.41) is 60.9. The van der Waals surface area contributed by atoms with Crippen molar-refractivity contribution in [1.29, 1.82) is 0 Å².